The first-order valence-electron chi connectivity index (χ1n) is 8.28. The number of hydrogen-bond acceptors (Lipinski definition) is 2. The van der Waals surface area contributed by atoms with Gasteiger partial charge in [-0.05, 0) is 26.2 Å². The Morgan fingerprint density at radius 3 is 2.05 bits per heavy atom. The summed E-state index contributed by atoms with van der Waals surface area (Å²) >= 11 is 0. The Morgan fingerprint density at radius 2 is 1.47 bits per heavy atom. The maximum Gasteiger partial charge on any atom is 0.311 e. The Bertz CT molecular complexity index is 225. The summed E-state index contributed by atoms with van der Waals surface area (Å²) in [5.41, 5.74) is -0.266. The minimum Gasteiger partial charge on any atom is -0.465 e. The van der Waals surface area contributed by atoms with Crippen molar-refractivity contribution in [2.24, 2.45) is 5.41 Å². The van der Waals surface area contributed by atoms with E-state index in [9.17, 15) is 4.79 Å². The highest BCUT2D eigenvalue weighted by Gasteiger charge is 2.31. The molecule has 0 aromatic carbocycles. The molecule has 0 rings (SSSR count). The molecule has 0 bridgehead atoms. The van der Waals surface area contributed by atoms with Gasteiger partial charge in [-0.15, -0.1) is 0 Å². The minimum absolute atomic E-state index is 0.0111. The summed E-state index contributed by atoms with van der Waals surface area (Å²) in [7, 11) is 0. The highest BCUT2D eigenvalue weighted by molar-refractivity contribution is 5.76. The number of ether oxygens (including phenoxy) is 1. The van der Waals surface area contributed by atoms with E-state index in [4.69, 9.17) is 4.74 Å². The predicted molar refractivity (Wildman–Crippen MR) is 82.3 cm³/mol. The van der Waals surface area contributed by atoms with E-state index in [1.165, 1.54) is 32.1 Å². The second-order valence-corrected chi connectivity index (χ2v) is 5.92. The third-order valence-electron chi connectivity index (χ3n) is 4.09. The van der Waals surface area contributed by atoms with Gasteiger partial charge in [0.15, 0.2) is 0 Å². The second kappa shape index (κ2) is 11.3. The molecule has 19 heavy (non-hydrogen) atoms. The molecular formula is C17H34O2. The molecule has 114 valence electrons. The molecule has 0 aromatic rings. The molecule has 0 saturated carbocycles. The Morgan fingerprint density at radius 1 is 0.895 bits per heavy atom. The van der Waals surface area contributed by atoms with E-state index in [-0.39, 0.29) is 11.4 Å². The standard InChI is InChI=1S/C17H34O2/c1-5-8-10-11-12-13-15-19-16(18)17(4,7-3)14-9-6-2/h5-15H2,1-4H3. The van der Waals surface area contributed by atoms with Crippen molar-refractivity contribution in [3.63, 3.8) is 0 Å². The van der Waals surface area contributed by atoms with Crippen molar-refractivity contribution >= 4 is 5.97 Å². The van der Waals surface area contributed by atoms with Crippen molar-refractivity contribution < 1.29 is 9.53 Å². The van der Waals surface area contributed by atoms with Gasteiger partial charge in [0.25, 0.3) is 0 Å². The van der Waals surface area contributed by atoms with Gasteiger partial charge in [0, 0.05) is 0 Å². The van der Waals surface area contributed by atoms with Crippen LogP contribution in [0.3, 0.4) is 0 Å². The van der Waals surface area contributed by atoms with Gasteiger partial charge >= 0.3 is 5.97 Å². The molecule has 0 fully saturated rings. The molecule has 0 heterocycles. The lowest BCUT2D eigenvalue weighted by Crippen LogP contribution is -2.29. The van der Waals surface area contributed by atoms with E-state index in [0.717, 1.165) is 32.1 Å². The molecule has 0 radical (unpaired) electrons. The van der Waals surface area contributed by atoms with Crippen molar-refractivity contribution in [3.05, 3.63) is 0 Å². The van der Waals surface area contributed by atoms with Crippen LogP contribution >= 0.6 is 0 Å². The highest BCUT2D eigenvalue weighted by atomic mass is 16.5. The largest absolute Gasteiger partial charge is 0.465 e. The van der Waals surface area contributed by atoms with Crippen LogP contribution in [0, 0.1) is 5.41 Å². The maximum absolute atomic E-state index is 12.1. The normalized spacial score (nSPS) is 14.1. The molecule has 0 aliphatic rings. The first-order chi connectivity index (χ1) is 9.10. The van der Waals surface area contributed by atoms with Gasteiger partial charge in [0.2, 0.25) is 0 Å². The van der Waals surface area contributed by atoms with Crippen LogP contribution in [0.5, 0.6) is 0 Å². The maximum atomic E-state index is 12.1. The van der Waals surface area contributed by atoms with Gasteiger partial charge in [0.05, 0.1) is 12.0 Å². The number of carbonyl (C=O) groups excluding carboxylic acids is 1. The first-order valence-corrected chi connectivity index (χ1v) is 8.28. The number of hydrogen-bond donors (Lipinski definition) is 0. The van der Waals surface area contributed by atoms with Crippen LogP contribution in [-0.2, 0) is 9.53 Å². The van der Waals surface area contributed by atoms with Crippen LogP contribution in [0.2, 0.25) is 0 Å². The van der Waals surface area contributed by atoms with E-state index in [2.05, 4.69) is 20.8 Å². The fourth-order valence-corrected chi connectivity index (χ4v) is 2.21. The molecule has 2 nitrogen and oxygen atoms in total. The summed E-state index contributed by atoms with van der Waals surface area (Å²) < 4.78 is 5.46. The molecule has 0 aliphatic heterocycles. The molecule has 0 aromatic heterocycles. The fourth-order valence-electron chi connectivity index (χ4n) is 2.21. The van der Waals surface area contributed by atoms with Crippen LogP contribution in [-0.4, -0.2) is 12.6 Å². The van der Waals surface area contributed by atoms with Gasteiger partial charge in [-0.25, -0.2) is 0 Å². The summed E-state index contributed by atoms with van der Waals surface area (Å²) in [6, 6.07) is 0. The van der Waals surface area contributed by atoms with Gasteiger partial charge in [-0.1, -0.05) is 65.7 Å². The third kappa shape index (κ3) is 8.28. The van der Waals surface area contributed by atoms with E-state index in [0.29, 0.717) is 6.61 Å². The Balaban J connectivity index is 3.76. The Kier molecular flexibility index (Phi) is 11.0. The zero-order valence-corrected chi connectivity index (χ0v) is 13.6. The second-order valence-electron chi connectivity index (χ2n) is 5.92. The highest BCUT2D eigenvalue weighted by Crippen LogP contribution is 2.29. The predicted octanol–water partition coefficient (Wildman–Crippen LogP) is 5.50. The van der Waals surface area contributed by atoms with E-state index in [1.807, 2.05) is 6.92 Å². The number of rotatable bonds is 12. The van der Waals surface area contributed by atoms with Crippen molar-refractivity contribution in [1.29, 1.82) is 0 Å². The van der Waals surface area contributed by atoms with Gasteiger partial charge in [-0.2, -0.15) is 0 Å². The lowest BCUT2D eigenvalue weighted by atomic mass is 9.82. The molecule has 2 heteroatoms. The molecule has 0 aliphatic carbocycles. The molecule has 1 unspecified atom stereocenters. The fraction of sp³-hybridized carbons (Fsp3) is 0.941. The van der Waals surface area contributed by atoms with E-state index < -0.39 is 0 Å². The number of unbranched alkanes of at least 4 members (excludes halogenated alkanes) is 6. The van der Waals surface area contributed by atoms with Crippen molar-refractivity contribution in [2.75, 3.05) is 6.61 Å². The van der Waals surface area contributed by atoms with Crippen LogP contribution in [0.15, 0.2) is 0 Å². The van der Waals surface area contributed by atoms with Crippen LogP contribution < -0.4 is 0 Å². The van der Waals surface area contributed by atoms with Crippen LogP contribution in [0.25, 0.3) is 0 Å². The van der Waals surface area contributed by atoms with Crippen LogP contribution in [0.4, 0.5) is 0 Å². The third-order valence-corrected chi connectivity index (χ3v) is 4.09. The lowest BCUT2D eigenvalue weighted by molar-refractivity contribution is -0.155. The van der Waals surface area contributed by atoms with Crippen molar-refractivity contribution in [1.82, 2.24) is 0 Å². The minimum atomic E-state index is -0.266. The quantitative estimate of drug-likeness (QED) is 0.346. The van der Waals surface area contributed by atoms with Crippen LogP contribution in [0.1, 0.15) is 91.9 Å². The first kappa shape index (κ1) is 18.5. The zero-order valence-electron chi connectivity index (χ0n) is 13.6. The van der Waals surface area contributed by atoms with Gasteiger partial charge in [-0.3, -0.25) is 4.79 Å². The van der Waals surface area contributed by atoms with Crippen molar-refractivity contribution in [2.45, 2.75) is 91.9 Å². The molecule has 0 N–H and O–H groups in total. The number of carbonyl (C=O) groups is 1. The Labute approximate surface area is 120 Å². The smallest absolute Gasteiger partial charge is 0.311 e. The summed E-state index contributed by atoms with van der Waals surface area (Å²) in [5.74, 6) is 0.0111. The summed E-state index contributed by atoms with van der Waals surface area (Å²) in [5, 5.41) is 0. The molecule has 1 atom stereocenters. The summed E-state index contributed by atoms with van der Waals surface area (Å²) in [6.45, 7) is 9.13. The monoisotopic (exact) mass is 270 g/mol. The van der Waals surface area contributed by atoms with Gasteiger partial charge in [0.1, 0.15) is 0 Å². The van der Waals surface area contributed by atoms with Crippen molar-refractivity contribution in [3.8, 4) is 0 Å². The zero-order chi connectivity index (χ0) is 14.6. The lowest BCUT2D eigenvalue weighted by Gasteiger charge is -2.25. The Hall–Kier alpha value is -0.530. The summed E-state index contributed by atoms with van der Waals surface area (Å²) in [4.78, 5) is 12.1. The topological polar surface area (TPSA) is 26.3 Å². The van der Waals surface area contributed by atoms with E-state index >= 15 is 0 Å². The SMILES string of the molecule is CCCCCCCCOC(=O)C(C)(CC)CCCC. The molecular weight excluding hydrogens is 236 g/mol. The average molecular weight is 270 g/mol. The average Bonchev–Trinajstić information content (AvgIpc) is 2.43. The van der Waals surface area contributed by atoms with Gasteiger partial charge < -0.3 is 4.74 Å². The molecule has 0 saturated heterocycles. The molecule has 0 spiro atoms. The number of esters is 1. The van der Waals surface area contributed by atoms with E-state index in [1.54, 1.807) is 0 Å². The molecule has 0 amide bonds. The summed E-state index contributed by atoms with van der Waals surface area (Å²) in [6.07, 6.45) is 11.5.